The third-order valence-electron chi connectivity index (χ3n) is 5.37. The highest BCUT2D eigenvalue weighted by molar-refractivity contribution is 6.06. The molecule has 1 aliphatic rings. The number of aryl methyl sites for hydroxylation is 2. The molecule has 1 saturated heterocycles. The lowest BCUT2D eigenvalue weighted by Gasteiger charge is -2.34. The predicted molar refractivity (Wildman–Crippen MR) is 123 cm³/mol. The van der Waals surface area contributed by atoms with Crippen LogP contribution < -0.4 is 5.32 Å². The first-order chi connectivity index (χ1) is 13.4. The molecule has 9 heteroatoms. The molecule has 0 spiro atoms. The summed E-state index contributed by atoms with van der Waals surface area (Å²) in [7, 11) is 0. The fraction of sp³-hybridized carbons (Fsp3) is 0.476. The number of aromatic nitrogens is 3. The van der Waals surface area contributed by atoms with Crippen LogP contribution in [0.25, 0.3) is 22.3 Å². The molecule has 0 saturated carbocycles. The van der Waals surface area contributed by atoms with Crippen LogP contribution >= 0.6 is 24.8 Å². The van der Waals surface area contributed by atoms with E-state index in [2.05, 4.69) is 31.2 Å². The van der Waals surface area contributed by atoms with Gasteiger partial charge in [0.25, 0.3) is 5.91 Å². The molecule has 0 radical (unpaired) electrons. The van der Waals surface area contributed by atoms with Crippen molar-refractivity contribution >= 4 is 41.8 Å². The molecule has 7 nitrogen and oxygen atoms in total. The summed E-state index contributed by atoms with van der Waals surface area (Å²) in [6.45, 7) is 12.4. The highest BCUT2D eigenvalue weighted by Gasteiger charge is 2.27. The number of rotatable bonds is 3. The van der Waals surface area contributed by atoms with E-state index in [1.54, 1.807) is 6.20 Å². The van der Waals surface area contributed by atoms with Gasteiger partial charge in [-0.1, -0.05) is 0 Å². The second kappa shape index (κ2) is 9.37. The van der Waals surface area contributed by atoms with Crippen LogP contribution in [-0.2, 0) is 0 Å². The van der Waals surface area contributed by atoms with Crippen LogP contribution in [0.2, 0.25) is 0 Å². The van der Waals surface area contributed by atoms with Crippen LogP contribution in [0.1, 0.15) is 48.7 Å². The van der Waals surface area contributed by atoms with Crippen LogP contribution in [0, 0.1) is 13.8 Å². The standard InChI is InChI=1S/C21H27N5O2.2ClH/c1-12(2)26-20-18(11-23-26)17(21(27)25-7-6-22-10-13(25)3)9-19(24-20)16-8-14(4)28-15(16)5;;/h8-9,11-13,22H,6-7,10H2,1-5H3;2*1H/t13-;;/m1../s1. The molecule has 4 heterocycles. The number of nitrogens with zero attached hydrogens (tertiary/aromatic N) is 4. The minimum atomic E-state index is 0. The number of piperazine rings is 1. The first kappa shape index (κ1) is 24.2. The Morgan fingerprint density at radius 1 is 1.27 bits per heavy atom. The summed E-state index contributed by atoms with van der Waals surface area (Å²) in [6.07, 6.45) is 1.76. The number of fused-ring (bicyclic) bond motifs is 1. The molecule has 1 N–H and O–H groups in total. The number of pyridine rings is 1. The van der Waals surface area contributed by atoms with Crippen LogP contribution in [0.15, 0.2) is 22.7 Å². The molecule has 0 unspecified atom stereocenters. The molecule has 1 amide bonds. The summed E-state index contributed by atoms with van der Waals surface area (Å²) in [5.41, 5.74) is 3.05. The second-order valence-corrected chi connectivity index (χ2v) is 7.85. The first-order valence-electron chi connectivity index (χ1n) is 9.84. The fourth-order valence-electron chi connectivity index (χ4n) is 3.89. The van der Waals surface area contributed by atoms with Gasteiger partial charge < -0.3 is 14.6 Å². The zero-order valence-electron chi connectivity index (χ0n) is 17.9. The monoisotopic (exact) mass is 453 g/mol. The van der Waals surface area contributed by atoms with Gasteiger partial charge in [0.1, 0.15) is 11.5 Å². The Morgan fingerprint density at radius 3 is 2.60 bits per heavy atom. The van der Waals surface area contributed by atoms with Gasteiger partial charge in [0.15, 0.2) is 5.65 Å². The summed E-state index contributed by atoms with van der Waals surface area (Å²) >= 11 is 0. The van der Waals surface area contributed by atoms with Crippen molar-refractivity contribution in [3.05, 3.63) is 35.4 Å². The molecular weight excluding hydrogens is 425 g/mol. The van der Waals surface area contributed by atoms with Gasteiger partial charge in [-0.05, 0) is 46.8 Å². The van der Waals surface area contributed by atoms with E-state index in [0.717, 1.165) is 46.9 Å². The van der Waals surface area contributed by atoms with E-state index < -0.39 is 0 Å². The third kappa shape index (κ3) is 4.19. The molecular formula is C21H29Cl2N5O2. The van der Waals surface area contributed by atoms with Gasteiger partial charge in [0.05, 0.1) is 22.8 Å². The second-order valence-electron chi connectivity index (χ2n) is 7.85. The quantitative estimate of drug-likeness (QED) is 0.643. The number of carbonyl (C=O) groups is 1. The van der Waals surface area contributed by atoms with E-state index in [4.69, 9.17) is 9.40 Å². The number of hydrogen-bond donors (Lipinski definition) is 1. The minimum Gasteiger partial charge on any atom is -0.466 e. The van der Waals surface area contributed by atoms with Crippen molar-refractivity contribution in [3.63, 3.8) is 0 Å². The number of hydrogen-bond acceptors (Lipinski definition) is 5. The van der Waals surface area contributed by atoms with Crippen molar-refractivity contribution in [2.24, 2.45) is 0 Å². The maximum Gasteiger partial charge on any atom is 0.255 e. The molecule has 30 heavy (non-hydrogen) atoms. The van der Waals surface area contributed by atoms with Gasteiger partial charge in [0.2, 0.25) is 0 Å². The van der Waals surface area contributed by atoms with E-state index >= 15 is 0 Å². The normalized spacial score (nSPS) is 16.5. The van der Waals surface area contributed by atoms with Crippen LogP contribution in [-0.4, -0.2) is 51.2 Å². The number of amides is 1. The molecule has 3 aromatic rings. The number of furan rings is 1. The van der Waals surface area contributed by atoms with Crippen LogP contribution in [0.5, 0.6) is 0 Å². The Morgan fingerprint density at radius 2 is 2.00 bits per heavy atom. The zero-order chi connectivity index (χ0) is 20.0. The van der Waals surface area contributed by atoms with Crippen molar-refractivity contribution in [2.75, 3.05) is 19.6 Å². The van der Waals surface area contributed by atoms with Crippen LogP contribution in [0.3, 0.4) is 0 Å². The average Bonchev–Trinajstić information content (AvgIpc) is 3.23. The summed E-state index contributed by atoms with van der Waals surface area (Å²) in [4.78, 5) is 20.3. The van der Waals surface area contributed by atoms with E-state index in [9.17, 15) is 4.79 Å². The first-order valence-corrected chi connectivity index (χ1v) is 9.84. The van der Waals surface area contributed by atoms with Gasteiger partial charge in [-0.2, -0.15) is 5.10 Å². The van der Waals surface area contributed by atoms with Gasteiger partial charge in [-0.25, -0.2) is 9.67 Å². The predicted octanol–water partition coefficient (Wildman–Crippen LogP) is 4.17. The Balaban J connectivity index is 0.00000160. The Kier molecular flexibility index (Phi) is 7.55. The van der Waals surface area contributed by atoms with Gasteiger partial charge in [-0.3, -0.25) is 4.79 Å². The van der Waals surface area contributed by atoms with E-state index in [1.165, 1.54) is 0 Å². The third-order valence-corrected chi connectivity index (χ3v) is 5.37. The van der Waals surface area contributed by atoms with E-state index in [-0.39, 0.29) is 42.8 Å². The zero-order valence-corrected chi connectivity index (χ0v) is 19.6. The topological polar surface area (TPSA) is 76.2 Å². The summed E-state index contributed by atoms with van der Waals surface area (Å²) in [5.74, 6) is 1.66. The molecule has 0 aliphatic carbocycles. The Bertz CT molecular complexity index is 1040. The van der Waals surface area contributed by atoms with Gasteiger partial charge in [-0.15, -0.1) is 24.8 Å². The Labute approximate surface area is 189 Å². The molecule has 1 atom stereocenters. The largest absolute Gasteiger partial charge is 0.466 e. The summed E-state index contributed by atoms with van der Waals surface area (Å²) < 4.78 is 7.58. The summed E-state index contributed by atoms with van der Waals surface area (Å²) in [6, 6.07) is 4.16. The maximum atomic E-state index is 13.5. The molecule has 0 bridgehead atoms. The smallest absolute Gasteiger partial charge is 0.255 e. The lowest BCUT2D eigenvalue weighted by atomic mass is 10.0. The molecule has 164 valence electrons. The molecule has 1 fully saturated rings. The lowest BCUT2D eigenvalue weighted by Crippen LogP contribution is -2.52. The fourth-order valence-corrected chi connectivity index (χ4v) is 3.89. The SMILES string of the molecule is Cc1cc(-c2cc(C(=O)N3CCNC[C@H]3C)c3cnn(C(C)C)c3n2)c(C)o1.Cl.Cl. The average molecular weight is 454 g/mol. The van der Waals surface area contributed by atoms with Crippen molar-refractivity contribution in [2.45, 2.75) is 46.7 Å². The van der Waals surface area contributed by atoms with Gasteiger partial charge >= 0.3 is 0 Å². The highest BCUT2D eigenvalue weighted by atomic mass is 35.5. The highest BCUT2D eigenvalue weighted by Crippen LogP contribution is 2.30. The maximum absolute atomic E-state index is 13.5. The molecule has 0 aromatic carbocycles. The van der Waals surface area contributed by atoms with E-state index in [1.807, 2.05) is 35.6 Å². The Hall–Kier alpha value is -2.09. The number of carbonyl (C=O) groups excluding carboxylic acids is 1. The van der Waals surface area contributed by atoms with Crippen molar-refractivity contribution < 1.29 is 9.21 Å². The van der Waals surface area contributed by atoms with Crippen molar-refractivity contribution in [1.82, 2.24) is 25.0 Å². The minimum absolute atomic E-state index is 0. The molecule has 4 rings (SSSR count). The summed E-state index contributed by atoms with van der Waals surface area (Å²) in [5, 5.41) is 8.65. The number of halogens is 2. The molecule has 3 aromatic heterocycles. The van der Waals surface area contributed by atoms with E-state index in [0.29, 0.717) is 12.1 Å². The molecule has 1 aliphatic heterocycles. The lowest BCUT2D eigenvalue weighted by molar-refractivity contribution is 0.0658. The van der Waals surface area contributed by atoms with Crippen LogP contribution in [0.4, 0.5) is 0 Å². The van der Waals surface area contributed by atoms with Gasteiger partial charge in [0, 0.05) is 37.3 Å². The van der Waals surface area contributed by atoms with Crippen molar-refractivity contribution in [3.8, 4) is 11.3 Å². The number of nitrogens with one attached hydrogen (secondary N) is 1. The van der Waals surface area contributed by atoms with Crippen molar-refractivity contribution in [1.29, 1.82) is 0 Å².